The van der Waals surface area contributed by atoms with Gasteiger partial charge in [0.1, 0.15) is 6.10 Å². The molecule has 3 unspecified atom stereocenters. The first-order chi connectivity index (χ1) is 8.16. The molecule has 98 valence electrons. The fourth-order valence-electron chi connectivity index (χ4n) is 2.27. The molecule has 2 rings (SSSR count). The van der Waals surface area contributed by atoms with E-state index in [1.165, 1.54) is 6.92 Å². The summed E-state index contributed by atoms with van der Waals surface area (Å²) in [5.74, 6) is -0.135. The highest BCUT2D eigenvalue weighted by atomic mass is 16.5. The van der Waals surface area contributed by atoms with E-state index in [2.05, 4.69) is 10.2 Å². The van der Waals surface area contributed by atoms with Crippen molar-refractivity contribution in [2.24, 2.45) is 0 Å². The fraction of sp³-hybridized carbons (Fsp3) is 0.909. The van der Waals surface area contributed by atoms with Crippen LogP contribution in [-0.2, 0) is 14.3 Å². The van der Waals surface area contributed by atoms with E-state index in [0.29, 0.717) is 13.2 Å². The van der Waals surface area contributed by atoms with Crippen LogP contribution in [-0.4, -0.2) is 73.6 Å². The second kappa shape index (κ2) is 5.77. The van der Waals surface area contributed by atoms with Crippen molar-refractivity contribution in [1.29, 1.82) is 0 Å². The van der Waals surface area contributed by atoms with Gasteiger partial charge in [0.15, 0.2) is 0 Å². The minimum absolute atomic E-state index is 0.135. The van der Waals surface area contributed by atoms with Crippen molar-refractivity contribution in [2.75, 3.05) is 39.5 Å². The van der Waals surface area contributed by atoms with Crippen LogP contribution in [0.1, 0.15) is 6.92 Å². The Morgan fingerprint density at radius 1 is 1.47 bits per heavy atom. The zero-order chi connectivity index (χ0) is 12.3. The molecule has 2 aliphatic heterocycles. The Balaban J connectivity index is 1.80. The lowest BCUT2D eigenvalue weighted by Crippen LogP contribution is -2.48. The number of hydrogen-bond acceptors (Lipinski definition) is 5. The van der Waals surface area contributed by atoms with E-state index in [9.17, 15) is 9.90 Å². The smallest absolute Gasteiger partial charge is 0.217 e. The molecule has 0 aromatic rings. The molecule has 0 aromatic carbocycles. The summed E-state index contributed by atoms with van der Waals surface area (Å²) in [4.78, 5) is 13.2. The predicted octanol–water partition coefficient (Wildman–Crippen LogP) is -1.42. The number of carbonyl (C=O) groups is 1. The molecule has 6 heteroatoms. The lowest BCUT2D eigenvalue weighted by Gasteiger charge is -2.29. The summed E-state index contributed by atoms with van der Waals surface area (Å²) in [7, 11) is 0. The van der Waals surface area contributed by atoms with Crippen molar-refractivity contribution >= 4 is 5.91 Å². The van der Waals surface area contributed by atoms with Gasteiger partial charge in [-0.15, -0.1) is 0 Å². The molecule has 0 radical (unpaired) electrons. The highest BCUT2D eigenvalue weighted by Crippen LogP contribution is 2.16. The summed E-state index contributed by atoms with van der Waals surface area (Å²) >= 11 is 0. The summed E-state index contributed by atoms with van der Waals surface area (Å²) in [5, 5.41) is 12.7. The van der Waals surface area contributed by atoms with Gasteiger partial charge in [0.25, 0.3) is 0 Å². The molecule has 2 fully saturated rings. The van der Waals surface area contributed by atoms with Gasteiger partial charge < -0.3 is 19.9 Å². The van der Waals surface area contributed by atoms with Gasteiger partial charge in [-0.25, -0.2) is 0 Å². The van der Waals surface area contributed by atoms with E-state index < -0.39 is 6.10 Å². The van der Waals surface area contributed by atoms with E-state index in [4.69, 9.17) is 9.47 Å². The Morgan fingerprint density at radius 2 is 2.18 bits per heavy atom. The van der Waals surface area contributed by atoms with Crippen molar-refractivity contribution in [1.82, 2.24) is 10.2 Å². The number of aliphatic hydroxyl groups excluding tert-OH is 1. The van der Waals surface area contributed by atoms with Crippen molar-refractivity contribution in [3.05, 3.63) is 0 Å². The van der Waals surface area contributed by atoms with Crippen molar-refractivity contribution in [3.63, 3.8) is 0 Å². The van der Waals surface area contributed by atoms with Crippen LogP contribution in [0.5, 0.6) is 0 Å². The molecule has 1 amide bonds. The first-order valence-corrected chi connectivity index (χ1v) is 6.03. The maximum atomic E-state index is 10.9. The van der Waals surface area contributed by atoms with E-state index in [1.54, 1.807) is 0 Å². The largest absolute Gasteiger partial charge is 0.388 e. The summed E-state index contributed by atoms with van der Waals surface area (Å²) in [6.07, 6.45) is -0.841. The lowest BCUT2D eigenvalue weighted by molar-refractivity contribution is -0.120. The molecule has 2 saturated heterocycles. The Kier molecular flexibility index (Phi) is 4.33. The molecule has 17 heavy (non-hydrogen) atoms. The number of nitrogens with zero attached hydrogens (tertiary/aromatic N) is 1. The molecule has 2 N–H and O–H groups in total. The maximum Gasteiger partial charge on any atom is 0.217 e. The number of rotatable bonds is 3. The van der Waals surface area contributed by atoms with Crippen LogP contribution in [0.15, 0.2) is 0 Å². The highest BCUT2D eigenvalue weighted by Gasteiger charge is 2.37. The van der Waals surface area contributed by atoms with Crippen LogP contribution in [0.3, 0.4) is 0 Å². The number of ether oxygens (including phenoxy) is 2. The van der Waals surface area contributed by atoms with Crippen molar-refractivity contribution in [2.45, 2.75) is 25.2 Å². The number of hydrogen-bond donors (Lipinski definition) is 2. The quantitative estimate of drug-likeness (QED) is 0.638. The molecule has 2 aliphatic rings. The standard InChI is InChI=1S/C11H20N2O4/c1-8(14)12-9-7-17-10(11(9)15)6-13-2-4-16-5-3-13/h9-11,15H,2-7H2,1H3,(H,12,14). The predicted molar refractivity (Wildman–Crippen MR) is 60.6 cm³/mol. The Hall–Kier alpha value is -0.690. The Morgan fingerprint density at radius 3 is 2.82 bits per heavy atom. The van der Waals surface area contributed by atoms with Crippen LogP contribution in [0.25, 0.3) is 0 Å². The van der Waals surface area contributed by atoms with Crippen LogP contribution < -0.4 is 5.32 Å². The highest BCUT2D eigenvalue weighted by molar-refractivity contribution is 5.73. The molecule has 0 aromatic heterocycles. The van der Waals surface area contributed by atoms with Gasteiger partial charge in [-0.2, -0.15) is 0 Å². The molecular formula is C11H20N2O4. The average molecular weight is 244 g/mol. The van der Waals surface area contributed by atoms with Gasteiger partial charge in [0, 0.05) is 26.6 Å². The first-order valence-electron chi connectivity index (χ1n) is 6.03. The third kappa shape index (κ3) is 3.38. The molecular weight excluding hydrogens is 224 g/mol. The number of nitrogens with one attached hydrogen (secondary N) is 1. The van der Waals surface area contributed by atoms with Gasteiger partial charge in [-0.1, -0.05) is 0 Å². The van der Waals surface area contributed by atoms with Gasteiger partial charge in [-0.05, 0) is 0 Å². The normalized spacial score (nSPS) is 34.8. The summed E-state index contributed by atoms with van der Waals surface area (Å²) in [6, 6.07) is -0.279. The fourth-order valence-corrected chi connectivity index (χ4v) is 2.27. The number of morpholine rings is 1. The molecule has 3 atom stereocenters. The lowest BCUT2D eigenvalue weighted by atomic mass is 10.1. The molecule has 6 nitrogen and oxygen atoms in total. The molecule has 0 spiro atoms. The topological polar surface area (TPSA) is 71.0 Å². The number of aliphatic hydroxyl groups is 1. The van der Waals surface area contributed by atoms with Crippen LogP contribution >= 0.6 is 0 Å². The van der Waals surface area contributed by atoms with Gasteiger partial charge >= 0.3 is 0 Å². The van der Waals surface area contributed by atoms with Crippen LogP contribution in [0.4, 0.5) is 0 Å². The zero-order valence-corrected chi connectivity index (χ0v) is 10.1. The van der Waals surface area contributed by atoms with Gasteiger partial charge in [0.05, 0.1) is 32.0 Å². The molecule has 0 aliphatic carbocycles. The van der Waals surface area contributed by atoms with Crippen molar-refractivity contribution < 1.29 is 19.4 Å². The van der Waals surface area contributed by atoms with E-state index in [0.717, 1.165) is 26.3 Å². The molecule has 0 bridgehead atoms. The second-order valence-electron chi connectivity index (χ2n) is 4.58. The maximum absolute atomic E-state index is 10.9. The second-order valence-corrected chi connectivity index (χ2v) is 4.58. The summed E-state index contributed by atoms with van der Waals surface area (Å²) in [5.41, 5.74) is 0. The minimum Gasteiger partial charge on any atom is -0.388 e. The van der Waals surface area contributed by atoms with Crippen LogP contribution in [0.2, 0.25) is 0 Å². The van der Waals surface area contributed by atoms with Gasteiger partial charge in [0.2, 0.25) is 5.91 Å². The summed E-state index contributed by atoms with van der Waals surface area (Å²) < 4.78 is 10.8. The third-order valence-electron chi connectivity index (χ3n) is 3.21. The zero-order valence-electron chi connectivity index (χ0n) is 10.1. The minimum atomic E-state index is -0.623. The Bertz CT molecular complexity index is 268. The van der Waals surface area contributed by atoms with E-state index >= 15 is 0 Å². The monoisotopic (exact) mass is 244 g/mol. The van der Waals surface area contributed by atoms with E-state index in [-0.39, 0.29) is 18.1 Å². The van der Waals surface area contributed by atoms with Gasteiger partial charge in [-0.3, -0.25) is 9.69 Å². The molecule has 2 heterocycles. The van der Waals surface area contributed by atoms with Crippen LogP contribution in [0, 0.1) is 0 Å². The number of amides is 1. The SMILES string of the molecule is CC(=O)NC1COC(CN2CCOCC2)C1O. The van der Waals surface area contributed by atoms with E-state index in [1.807, 2.05) is 0 Å². The molecule has 0 saturated carbocycles. The van der Waals surface area contributed by atoms with Crippen molar-refractivity contribution in [3.8, 4) is 0 Å². The summed E-state index contributed by atoms with van der Waals surface area (Å²) in [6.45, 7) is 5.74. The third-order valence-corrected chi connectivity index (χ3v) is 3.21. The number of carbonyl (C=O) groups excluding carboxylic acids is 1. The average Bonchev–Trinajstić information content (AvgIpc) is 2.62. The first kappa shape index (κ1) is 12.8. The Labute approximate surface area is 101 Å².